The van der Waals surface area contributed by atoms with Crippen molar-refractivity contribution >= 4 is 33.0 Å². The molecule has 0 aliphatic rings. The Kier molecular flexibility index (Phi) is 4.76. The number of pyridine rings is 1. The summed E-state index contributed by atoms with van der Waals surface area (Å²) in [5, 5.41) is 4.41. The number of rotatable bonds is 6. The van der Waals surface area contributed by atoms with Crippen molar-refractivity contribution in [2.75, 3.05) is 6.54 Å². The molecule has 0 aliphatic carbocycles. The second-order valence-corrected chi connectivity index (χ2v) is 8.37. The van der Waals surface area contributed by atoms with Crippen LogP contribution in [0.15, 0.2) is 53.1 Å². The van der Waals surface area contributed by atoms with E-state index in [0.29, 0.717) is 10.9 Å². The molecule has 3 aromatic rings. The van der Waals surface area contributed by atoms with Crippen molar-refractivity contribution in [2.45, 2.75) is 10.8 Å². The summed E-state index contributed by atoms with van der Waals surface area (Å²) in [7, 11) is -3.52. The molecule has 0 fully saturated rings. The number of thiophene rings is 1. The van der Waals surface area contributed by atoms with Crippen LogP contribution in [0.3, 0.4) is 0 Å². The Bertz CT molecular complexity index is 890. The van der Waals surface area contributed by atoms with Gasteiger partial charge >= 0.3 is 0 Å². The first-order valence-corrected chi connectivity index (χ1v) is 9.41. The average molecular weight is 369 g/mol. The highest BCUT2D eigenvalue weighted by Gasteiger charge is 2.15. The fraction of sp³-hybridized carbons (Fsp3) is 0.143. The van der Waals surface area contributed by atoms with Gasteiger partial charge in [0.25, 0.3) is 0 Å². The van der Waals surface area contributed by atoms with Crippen LogP contribution in [-0.4, -0.2) is 29.7 Å². The number of hydrogen-bond donors (Lipinski definition) is 1. The molecule has 6 nitrogen and oxygen atoms in total. The van der Waals surface area contributed by atoms with E-state index in [0.717, 1.165) is 22.6 Å². The first kappa shape index (κ1) is 16.1. The van der Waals surface area contributed by atoms with Crippen LogP contribution in [0.5, 0.6) is 0 Å². The molecule has 9 heteroatoms. The molecule has 0 bridgehead atoms. The topological polar surface area (TPSA) is 76.9 Å². The summed E-state index contributed by atoms with van der Waals surface area (Å²) in [6, 6.07) is 8.68. The van der Waals surface area contributed by atoms with Gasteiger partial charge in [-0.1, -0.05) is 11.6 Å². The summed E-state index contributed by atoms with van der Waals surface area (Å²) in [5.41, 5.74) is 1.79. The van der Waals surface area contributed by atoms with Gasteiger partial charge in [-0.3, -0.25) is 9.67 Å². The molecule has 0 atom stereocenters. The van der Waals surface area contributed by atoms with Crippen molar-refractivity contribution in [3.63, 3.8) is 0 Å². The van der Waals surface area contributed by atoms with Crippen LogP contribution in [0.4, 0.5) is 0 Å². The Morgan fingerprint density at radius 2 is 1.96 bits per heavy atom. The average Bonchev–Trinajstić information content (AvgIpc) is 3.17. The molecule has 0 amide bonds. The maximum absolute atomic E-state index is 12.1. The highest BCUT2D eigenvalue weighted by atomic mass is 35.5. The minimum absolute atomic E-state index is 0.209. The fourth-order valence-electron chi connectivity index (χ4n) is 1.97. The Hall–Kier alpha value is -1.74. The molecule has 0 aromatic carbocycles. The van der Waals surface area contributed by atoms with Gasteiger partial charge in [0.15, 0.2) is 0 Å². The van der Waals surface area contributed by atoms with Crippen molar-refractivity contribution in [1.29, 1.82) is 0 Å². The third-order valence-electron chi connectivity index (χ3n) is 3.06. The molecule has 0 unspecified atom stereocenters. The van der Waals surface area contributed by atoms with Crippen LogP contribution in [0.1, 0.15) is 0 Å². The molecule has 0 saturated heterocycles. The Morgan fingerprint density at radius 3 is 2.65 bits per heavy atom. The van der Waals surface area contributed by atoms with E-state index in [1.54, 1.807) is 23.1 Å². The van der Waals surface area contributed by atoms with E-state index in [2.05, 4.69) is 14.8 Å². The van der Waals surface area contributed by atoms with Crippen LogP contribution in [0.25, 0.3) is 11.3 Å². The Morgan fingerprint density at radius 1 is 1.17 bits per heavy atom. The molecule has 3 aromatic heterocycles. The molecular formula is C14H13ClN4O2S2. The highest BCUT2D eigenvalue weighted by molar-refractivity contribution is 7.91. The normalized spacial score (nSPS) is 11.7. The van der Waals surface area contributed by atoms with Gasteiger partial charge in [0.05, 0.1) is 16.6 Å². The second-order valence-electron chi connectivity index (χ2n) is 4.66. The third kappa shape index (κ3) is 3.97. The third-order valence-corrected chi connectivity index (χ3v) is 6.25. The molecule has 0 radical (unpaired) electrons. The molecule has 23 heavy (non-hydrogen) atoms. The molecular weight excluding hydrogens is 356 g/mol. The Labute approximate surface area is 142 Å². The largest absolute Gasteiger partial charge is 0.271 e. The maximum Gasteiger partial charge on any atom is 0.250 e. The van der Waals surface area contributed by atoms with Gasteiger partial charge in [0.1, 0.15) is 4.21 Å². The standard InChI is InChI=1S/C14H13ClN4O2S2/c15-13-1-2-14(22-13)23(20,21)17-8-10-19-9-5-12(18-19)11-3-6-16-7-4-11/h1-7,9,17H,8,10H2. The van der Waals surface area contributed by atoms with Gasteiger partial charge < -0.3 is 0 Å². The van der Waals surface area contributed by atoms with Crippen molar-refractivity contribution in [1.82, 2.24) is 19.5 Å². The maximum atomic E-state index is 12.1. The zero-order chi connectivity index (χ0) is 16.3. The summed E-state index contributed by atoms with van der Waals surface area (Å²) in [6.07, 6.45) is 5.22. The number of hydrogen-bond acceptors (Lipinski definition) is 5. The van der Waals surface area contributed by atoms with E-state index in [4.69, 9.17) is 11.6 Å². The SMILES string of the molecule is O=S(=O)(NCCn1ccc(-c2ccncc2)n1)c1ccc(Cl)s1. The first-order valence-electron chi connectivity index (χ1n) is 6.73. The number of sulfonamides is 1. The quantitative estimate of drug-likeness (QED) is 0.725. The van der Waals surface area contributed by atoms with Crippen LogP contribution in [0.2, 0.25) is 4.34 Å². The molecule has 0 spiro atoms. The minimum atomic E-state index is -3.52. The number of halogens is 1. The lowest BCUT2D eigenvalue weighted by molar-refractivity contribution is 0.563. The Balaban J connectivity index is 1.60. The smallest absolute Gasteiger partial charge is 0.250 e. The van der Waals surface area contributed by atoms with Crippen molar-refractivity contribution in [3.05, 3.63) is 53.3 Å². The first-order chi connectivity index (χ1) is 11.0. The van der Waals surface area contributed by atoms with Gasteiger partial charge in [-0.15, -0.1) is 11.3 Å². The van der Waals surface area contributed by atoms with E-state index in [1.807, 2.05) is 24.4 Å². The van der Waals surface area contributed by atoms with Crippen molar-refractivity contribution in [2.24, 2.45) is 0 Å². The molecule has 0 aliphatic heterocycles. The van der Waals surface area contributed by atoms with E-state index in [-0.39, 0.29) is 10.8 Å². The summed E-state index contributed by atoms with van der Waals surface area (Å²) in [6.45, 7) is 0.679. The predicted molar refractivity (Wildman–Crippen MR) is 90.0 cm³/mol. The lowest BCUT2D eigenvalue weighted by Crippen LogP contribution is -2.27. The number of nitrogens with one attached hydrogen (secondary N) is 1. The highest BCUT2D eigenvalue weighted by Crippen LogP contribution is 2.25. The number of nitrogens with zero attached hydrogens (tertiary/aromatic N) is 3. The second kappa shape index (κ2) is 6.79. The summed E-state index contributed by atoms with van der Waals surface area (Å²) in [5.74, 6) is 0. The molecule has 0 saturated carbocycles. The van der Waals surface area contributed by atoms with Crippen LogP contribution in [-0.2, 0) is 16.6 Å². The van der Waals surface area contributed by atoms with Gasteiger partial charge in [-0.05, 0) is 30.3 Å². The van der Waals surface area contributed by atoms with Gasteiger partial charge in [0.2, 0.25) is 10.0 Å². The predicted octanol–water partition coefficient (Wildman–Crippen LogP) is 2.64. The van der Waals surface area contributed by atoms with Crippen molar-refractivity contribution < 1.29 is 8.42 Å². The summed E-state index contributed by atoms with van der Waals surface area (Å²) in [4.78, 5) is 3.97. The fourth-order valence-corrected chi connectivity index (χ4v) is 4.52. The molecule has 3 rings (SSSR count). The van der Waals surface area contributed by atoms with Crippen LogP contribution < -0.4 is 4.72 Å². The summed E-state index contributed by atoms with van der Waals surface area (Å²) >= 11 is 6.79. The molecule has 120 valence electrons. The van der Waals surface area contributed by atoms with Gasteiger partial charge in [-0.2, -0.15) is 5.10 Å². The lowest BCUT2D eigenvalue weighted by Gasteiger charge is -2.05. The molecule has 3 heterocycles. The zero-order valence-electron chi connectivity index (χ0n) is 11.9. The van der Waals surface area contributed by atoms with Crippen molar-refractivity contribution in [3.8, 4) is 11.3 Å². The monoisotopic (exact) mass is 368 g/mol. The summed E-state index contributed by atoms with van der Waals surface area (Å²) < 4.78 is 29.0. The van der Waals surface area contributed by atoms with Gasteiger partial charge in [0, 0.05) is 30.7 Å². The van der Waals surface area contributed by atoms with Crippen LogP contribution in [0, 0.1) is 0 Å². The minimum Gasteiger partial charge on any atom is -0.271 e. The van der Waals surface area contributed by atoms with Crippen LogP contribution >= 0.6 is 22.9 Å². The van der Waals surface area contributed by atoms with E-state index >= 15 is 0 Å². The van der Waals surface area contributed by atoms with E-state index in [1.165, 1.54) is 6.07 Å². The zero-order valence-corrected chi connectivity index (χ0v) is 14.3. The van der Waals surface area contributed by atoms with E-state index in [9.17, 15) is 8.42 Å². The van der Waals surface area contributed by atoms with Gasteiger partial charge in [-0.25, -0.2) is 13.1 Å². The molecule has 1 N–H and O–H groups in total. The van der Waals surface area contributed by atoms with E-state index < -0.39 is 10.0 Å². The lowest BCUT2D eigenvalue weighted by atomic mass is 10.2. The number of aromatic nitrogens is 3.